The Morgan fingerprint density at radius 1 is 0.246 bits per heavy atom. The van der Waals surface area contributed by atoms with Crippen LogP contribution in [0.2, 0.25) is 0 Å². The topological polar surface area (TPSA) is 53.5 Å². The van der Waals surface area contributed by atoms with Crippen LogP contribution in [0.15, 0.2) is 231 Å². The minimum atomic E-state index is 0.560. The highest BCUT2D eigenvalue weighted by atomic mass is 15.2. The molecule has 4 heterocycles. The molecule has 0 aliphatic rings. The van der Waals surface area contributed by atoms with Crippen LogP contribution in [0.3, 0.4) is 0 Å². The zero-order valence-electron chi connectivity index (χ0n) is 37.1. The lowest BCUT2D eigenvalue weighted by atomic mass is 10.1. The maximum Gasteiger partial charge on any atom is 0.238 e. The van der Waals surface area contributed by atoms with Crippen molar-refractivity contribution in [3.05, 3.63) is 231 Å². The highest BCUT2D eigenvalue weighted by molar-refractivity contribution is 6.29. The van der Waals surface area contributed by atoms with Crippen LogP contribution in [-0.2, 0) is 0 Å². The highest BCUT2D eigenvalue weighted by Gasteiger charge is 2.23. The molecule has 0 bridgehead atoms. The van der Waals surface area contributed by atoms with Gasteiger partial charge in [0.15, 0.2) is 11.6 Å². The van der Waals surface area contributed by atoms with Gasteiger partial charge in [0.2, 0.25) is 5.95 Å². The maximum atomic E-state index is 5.37. The van der Waals surface area contributed by atoms with Crippen molar-refractivity contribution in [3.63, 3.8) is 0 Å². The van der Waals surface area contributed by atoms with Gasteiger partial charge in [0.1, 0.15) is 0 Å². The smallest absolute Gasteiger partial charge is 0.238 e. The molecule has 15 rings (SSSR count). The van der Waals surface area contributed by atoms with Crippen LogP contribution in [0, 0.1) is 0 Å². The molecule has 320 valence electrons. The number of benzene rings is 11. The predicted molar refractivity (Wildman–Crippen MR) is 286 cm³/mol. The molecule has 0 saturated heterocycles. The summed E-state index contributed by atoms with van der Waals surface area (Å²) in [4.78, 5) is 16.0. The van der Waals surface area contributed by atoms with Crippen molar-refractivity contribution >= 4 is 97.7 Å². The van der Waals surface area contributed by atoms with Crippen molar-refractivity contribution in [3.8, 4) is 40.1 Å². The first-order valence-corrected chi connectivity index (χ1v) is 23.4. The van der Waals surface area contributed by atoms with Crippen molar-refractivity contribution in [1.29, 1.82) is 0 Å². The van der Waals surface area contributed by atoms with Crippen molar-refractivity contribution in [1.82, 2.24) is 28.7 Å². The van der Waals surface area contributed by atoms with E-state index in [4.69, 9.17) is 15.0 Å². The van der Waals surface area contributed by atoms with Gasteiger partial charge in [-0.2, -0.15) is 9.97 Å². The Bertz CT molecular complexity index is 4530. The van der Waals surface area contributed by atoms with E-state index < -0.39 is 0 Å². The Morgan fingerprint density at radius 3 is 1.20 bits per heavy atom. The summed E-state index contributed by atoms with van der Waals surface area (Å²) in [6, 6.07) is 82.9. The van der Waals surface area contributed by atoms with Crippen LogP contribution in [0.1, 0.15) is 0 Å². The lowest BCUT2D eigenvalue weighted by Crippen LogP contribution is -2.06. The Kier molecular flexibility index (Phi) is 7.97. The molecule has 0 N–H and O–H groups in total. The summed E-state index contributed by atoms with van der Waals surface area (Å²) in [6.07, 6.45) is 0. The number of hydrogen-bond acceptors (Lipinski definition) is 3. The standard InChI is InChI=1S/C63H38N6/c1-4-16-42-35-45(27-25-39(42)13-1)61-64-62(46-28-26-40-14-2-5-17-43(40)36-46)66-63(65-61)69-53-22-10-7-19-49(53)50-32-31-48(38-58(50)69)68-55-24-12-9-21-52(55)60-57(68)34-33-56-59(60)51-20-8-11-23-54(51)67(56)47-30-29-41-15-3-6-18-44(41)37-47/h1-38H. The summed E-state index contributed by atoms with van der Waals surface area (Å²) >= 11 is 0. The van der Waals surface area contributed by atoms with Crippen LogP contribution in [0.25, 0.3) is 138 Å². The second-order valence-electron chi connectivity index (χ2n) is 18.1. The molecule has 0 amide bonds. The third kappa shape index (κ3) is 5.69. The number of nitrogens with zero attached hydrogens (tertiary/aromatic N) is 6. The quantitative estimate of drug-likeness (QED) is 0.173. The van der Waals surface area contributed by atoms with Gasteiger partial charge in [-0.05, 0) is 99.0 Å². The van der Waals surface area contributed by atoms with E-state index in [1.807, 2.05) is 0 Å². The van der Waals surface area contributed by atoms with Gasteiger partial charge < -0.3 is 9.13 Å². The van der Waals surface area contributed by atoms with E-state index in [1.54, 1.807) is 0 Å². The van der Waals surface area contributed by atoms with Gasteiger partial charge in [0, 0.05) is 54.8 Å². The summed E-state index contributed by atoms with van der Waals surface area (Å²) in [5.41, 5.74) is 10.7. The normalized spacial score (nSPS) is 12.1. The molecule has 0 aliphatic carbocycles. The number of hydrogen-bond donors (Lipinski definition) is 0. The summed E-state index contributed by atoms with van der Waals surface area (Å²) in [7, 11) is 0. The first kappa shape index (κ1) is 37.8. The first-order chi connectivity index (χ1) is 34.2. The zero-order chi connectivity index (χ0) is 45.2. The fraction of sp³-hybridized carbons (Fsp3) is 0. The third-order valence-corrected chi connectivity index (χ3v) is 14.2. The summed E-state index contributed by atoms with van der Waals surface area (Å²) < 4.78 is 7.09. The summed E-state index contributed by atoms with van der Waals surface area (Å²) in [6.45, 7) is 0. The van der Waals surface area contributed by atoms with Gasteiger partial charge in [0.05, 0.1) is 33.1 Å². The molecule has 6 heteroatoms. The monoisotopic (exact) mass is 878 g/mol. The minimum absolute atomic E-state index is 0.560. The molecule has 69 heavy (non-hydrogen) atoms. The van der Waals surface area contributed by atoms with Crippen molar-refractivity contribution < 1.29 is 0 Å². The molecule has 4 aromatic heterocycles. The molecule has 0 saturated carbocycles. The lowest BCUT2D eigenvalue weighted by Gasteiger charge is -2.13. The van der Waals surface area contributed by atoms with E-state index in [0.29, 0.717) is 17.6 Å². The van der Waals surface area contributed by atoms with Crippen molar-refractivity contribution in [2.45, 2.75) is 0 Å². The molecule has 11 aromatic carbocycles. The highest BCUT2D eigenvalue weighted by Crippen LogP contribution is 2.43. The third-order valence-electron chi connectivity index (χ3n) is 14.2. The number of fused-ring (bicyclic) bond motifs is 13. The first-order valence-electron chi connectivity index (χ1n) is 23.4. The van der Waals surface area contributed by atoms with Gasteiger partial charge in [-0.15, -0.1) is 0 Å². The Morgan fingerprint density at radius 2 is 0.652 bits per heavy atom. The molecule has 0 atom stereocenters. The van der Waals surface area contributed by atoms with Gasteiger partial charge >= 0.3 is 0 Å². The number of para-hydroxylation sites is 3. The van der Waals surface area contributed by atoms with Crippen LogP contribution in [0.4, 0.5) is 0 Å². The fourth-order valence-corrected chi connectivity index (χ4v) is 11.1. The van der Waals surface area contributed by atoms with Crippen LogP contribution in [-0.4, -0.2) is 28.7 Å². The molecule has 6 nitrogen and oxygen atoms in total. The molecule has 0 unspecified atom stereocenters. The molecule has 0 spiro atoms. The molecule has 15 aromatic rings. The van der Waals surface area contributed by atoms with Gasteiger partial charge in [0.25, 0.3) is 0 Å². The van der Waals surface area contributed by atoms with E-state index in [2.05, 4.69) is 244 Å². The second kappa shape index (κ2) is 14.6. The van der Waals surface area contributed by atoms with E-state index >= 15 is 0 Å². The van der Waals surface area contributed by atoms with Gasteiger partial charge in [-0.1, -0.05) is 164 Å². The average Bonchev–Trinajstić information content (AvgIpc) is 4.06. The fourth-order valence-electron chi connectivity index (χ4n) is 11.1. The minimum Gasteiger partial charge on any atom is -0.309 e. The molecular weight excluding hydrogens is 841 g/mol. The van der Waals surface area contributed by atoms with Crippen molar-refractivity contribution in [2.24, 2.45) is 0 Å². The van der Waals surface area contributed by atoms with E-state index in [0.717, 1.165) is 66.1 Å². The van der Waals surface area contributed by atoms with Crippen molar-refractivity contribution in [2.75, 3.05) is 0 Å². The largest absolute Gasteiger partial charge is 0.309 e. The zero-order valence-corrected chi connectivity index (χ0v) is 37.1. The molecular formula is C63H38N6. The van der Waals surface area contributed by atoms with Gasteiger partial charge in [-0.25, -0.2) is 4.98 Å². The predicted octanol–water partition coefficient (Wildman–Crippen LogP) is 16.0. The van der Waals surface area contributed by atoms with E-state index in [1.165, 1.54) is 54.1 Å². The lowest BCUT2D eigenvalue weighted by molar-refractivity contribution is 0.953. The Hall–Kier alpha value is -9.39. The van der Waals surface area contributed by atoms with E-state index in [9.17, 15) is 0 Å². The Balaban J connectivity index is 0.984. The number of rotatable bonds is 5. The van der Waals surface area contributed by atoms with Gasteiger partial charge in [-0.3, -0.25) is 4.57 Å². The van der Waals surface area contributed by atoms with Crippen LogP contribution >= 0.6 is 0 Å². The maximum absolute atomic E-state index is 5.37. The average molecular weight is 879 g/mol. The van der Waals surface area contributed by atoms with Crippen LogP contribution < -0.4 is 0 Å². The second-order valence-corrected chi connectivity index (χ2v) is 18.1. The SMILES string of the molecule is c1ccc2cc(-c3nc(-c4ccc5ccccc5c4)nc(-n4c5ccccc5c5ccc(-n6c7ccccc7c7c8c9ccccc9n(-c9ccc%10ccccc%10c9)c8ccc76)cc54)n3)ccc2c1. The molecule has 0 fully saturated rings. The summed E-state index contributed by atoms with van der Waals surface area (Å²) in [5.74, 6) is 1.79. The summed E-state index contributed by atoms with van der Waals surface area (Å²) in [5, 5.41) is 14.2. The van der Waals surface area contributed by atoms with Crippen LogP contribution in [0.5, 0.6) is 0 Å². The van der Waals surface area contributed by atoms with E-state index in [-0.39, 0.29) is 0 Å². The molecule has 0 radical (unpaired) electrons. The number of aromatic nitrogens is 6. The molecule has 0 aliphatic heterocycles. The Labute approximate surface area is 395 Å².